The largest absolute Gasteiger partial charge is 0.438 e. The maximum atomic E-state index is 13.1. The van der Waals surface area contributed by atoms with Crippen LogP contribution in [0.15, 0.2) is 29.4 Å². The van der Waals surface area contributed by atoms with E-state index < -0.39 is 0 Å². The van der Waals surface area contributed by atoms with Crippen molar-refractivity contribution in [3.8, 4) is 11.6 Å². The van der Waals surface area contributed by atoms with Crippen molar-refractivity contribution in [3.63, 3.8) is 0 Å². The molecule has 0 radical (unpaired) electrons. The summed E-state index contributed by atoms with van der Waals surface area (Å²) in [6, 6.07) is 5.78. The fraction of sp³-hybridized carbons (Fsp3) is 0.167. The Morgan fingerprint density at radius 1 is 1.50 bits per heavy atom. The van der Waals surface area contributed by atoms with Gasteiger partial charge in [0.15, 0.2) is 0 Å². The lowest BCUT2D eigenvalue weighted by Crippen LogP contribution is -1.97. The van der Waals surface area contributed by atoms with Crippen molar-refractivity contribution in [2.45, 2.75) is 6.92 Å². The highest BCUT2D eigenvalue weighted by atomic mass is 19.1. The Morgan fingerprint density at radius 3 is 2.94 bits per heavy atom. The van der Waals surface area contributed by atoms with Crippen molar-refractivity contribution in [1.29, 1.82) is 0 Å². The molecule has 1 aromatic heterocycles. The van der Waals surface area contributed by atoms with E-state index in [1.807, 2.05) is 0 Å². The van der Waals surface area contributed by atoms with E-state index in [1.54, 1.807) is 26.1 Å². The number of hydrogen-bond acceptors (Lipinski definition) is 4. The number of benzene rings is 1. The van der Waals surface area contributed by atoms with Crippen LogP contribution in [0, 0.1) is 12.7 Å². The molecule has 0 saturated heterocycles. The summed E-state index contributed by atoms with van der Waals surface area (Å²) in [5.41, 5.74) is 1.20. The van der Waals surface area contributed by atoms with Gasteiger partial charge in [-0.3, -0.25) is 0 Å². The van der Waals surface area contributed by atoms with E-state index in [-0.39, 0.29) is 5.82 Å². The third-order valence-electron chi connectivity index (χ3n) is 2.41. The van der Waals surface area contributed by atoms with Crippen LogP contribution in [0.2, 0.25) is 0 Å². The topological polar surface area (TPSA) is 59.6 Å². The molecule has 0 spiro atoms. The van der Waals surface area contributed by atoms with E-state index in [1.165, 1.54) is 23.0 Å². The van der Waals surface area contributed by atoms with E-state index in [0.717, 1.165) is 0 Å². The van der Waals surface area contributed by atoms with Gasteiger partial charge in [-0.2, -0.15) is 5.10 Å². The number of rotatable bonds is 3. The Bertz CT molecular complexity index is 593. The first-order valence-corrected chi connectivity index (χ1v) is 5.26. The SMILES string of the molecule is Cc1nn(C)c(Oc2cccc(F)c2)c1/C=N\O. The molecule has 6 heteroatoms. The van der Waals surface area contributed by atoms with Crippen LogP contribution >= 0.6 is 0 Å². The zero-order valence-electron chi connectivity index (χ0n) is 9.96. The summed E-state index contributed by atoms with van der Waals surface area (Å²) < 4.78 is 20.1. The molecule has 0 amide bonds. The molecule has 0 aliphatic heterocycles. The molecule has 18 heavy (non-hydrogen) atoms. The Kier molecular flexibility index (Phi) is 3.27. The lowest BCUT2D eigenvalue weighted by molar-refractivity contribution is 0.321. The van der Waals surface area contributed by atoms with Crippen LogP contribution in [-0.2, 0) is 7.05 Å². The molecule has 5 nitrogen and oxygen atoms in total. The third kappa shape index (κ3) is 2.32. The Morgan fingerprint density at radius 2 is 2.28 bits per heavy atom. The van der Waals surface area contributed by atoms with Crippen molar-refractivity contribution in [1.82, 2.24) is 9.78 Å². The molecule has 0 aliphatic rings. The van der Waals surface area contributed by atoms with E-state index in [9.17, 15) is 4.39 Å². The van der Waals surface area contributed by atoms with Gasteiger partial charge in [0.1, 0.15) is 11.6 Å². The van der Waals surface area contributed by atoms with E-state index in [0.29, 0.717) is 22.9 Å². The Hall–Kier alpha value is -2.37. The molecule has 1 aromatic carbocycles. The number of halogens is 1. The number of ether oxygens (including phenoxy) is 1. The zero-order valence-corrected chi connectivity index (χ0v) is 9.96. The monoisotopic (exact) mass is 249 g/mol. The average Bonchev–Trinajstić information content (AvgIpc) is 2.57. The predicted molar refractivity (Wildman–Crippen MR) is 63.8 cm³/mol. The fourth-order valence-corrected chi connectivity index (χ4v) is 1.62. The van der Waals surface area contributed by atoms with Gasteiger partial charge in [0.2, 0.25) is 5.88 Å². The first-order chi connectivity index (χ1) is 8.61. The normalized spacial score (nSPS) is 11.1. The minimum atomic E-state index is -0.385. The number of aromatic nitrogens is 2. The number of aryl methyl sites for hydroxylation is 2. The van der Waals surface area contributed by atoms with Gasteiger partial charge in [-0.25, -0.2) is 9.07 Å². The summed E-state index contributed by atoms with van der Waals surface area (Å²) in [4.78, 5) is 0. The van der Waals surface area contributed by atoms with Gasteiger partial charge in [0.25, 0.3) is 0 Å². The molecule has 0 bridgehead atoms. The van der Waals surface area contributed by atoms with Crippen molar-refractivity contribution in [2.24, 2.45) is 12.2 Å². The first kappa shape index (κ1) is 12.1. The molecule has 1 N–H and O–H groups in total. The van der Waals surface area contributed by atoms with Crippen LogP contribution in [0.3, 0.4) is 0 Å². The summed E-state index contributed by atoms with van der Waals surface area (Å²) in [6.45, 7) is 1.76. The van der Waals surface area contributed by atoms with Gasteiger partial charge in [-0.1, -0.05) is 11.2 Å². The smallest absolute Gasteiger partial charge is 0.226 e. The molecule has 1 heterocycles. The van der Waals surface area contributed by atoms with Crippen LogP contribution in [0.5, 0.6) is 11.6 Å². The minimum Gasteiger partial charge on any atom is -0.438 e. The summed E-state index contributed by atoms with van der Waals surface area (Å²) in [6.07, 6.45) is 1.23. The van der Waals surface area contributed by atoms with Gasteiger partial charge in [0.05, 0.1) is 17.5 Å². The average molecular weight is 249 g/mol. The highest BCUT2D eigenvalue weighted by Crippen LogP contribution is 2.26. The number of oxime groups is 1. The highest BCUT2D eigenvalue weighted by Gasteiger charge is 2.14. The van der Waals surface area contributed by atoms with Gasteiger partial charge >= 0.3 is 0 Å². The Balaban J connectivity index is 2.39. The van der Waals surface area contributed by atoms with Crippen LogP contribution in [-0.4, -0.2) is 21.2 Å². The quantitative estimate of drug-likeness (QED) is 0.516. The molecule has 0 aliphatic carbocycles. The third-order valence-corrected chi connectivity index (χ3v) is 2.41. The lowest BCUT2D eigenvalue weighted by Gasteiger charge is -2.06. The van der Waals surface area contributed by atoms with Crippen molar-refractivity contribution < 1.29 is 14.3 Å². The van der Waals surface area contributed by atoms with Crippen LogP contribution < -0.4 is 4.74 Å². The Labute approximate surface area is 103 Å². The molecule has 2 rings (SSSR count). The van der Waals surface area contributed by atoms with Gasteiger partial charge in [0, 0.05) is 13.1 Å². The molecule has 0 unspecified atom stereocenters. The van der Waals surface area contributed by atoms with E-state index in [2.05, 4.69) is 10.3 Å². The van der Waals surface area contributed by atoms with Crippen LogP contribution in [0.1, 0.15) is 11.3 Å². The maximum Gasteiger partial charge on any atom is 0.226 e. The van der Waals surface area contributed by atoms with E-state index >= 15 is 0 Å². The molecule has 0 atom stereocenters. The molecular weight excluding hydrogens is 237 g/mol. The molecule has 0 saturated carbocycles. The minimum absolute atomic E-state index is 0.352. The summed E-state index contributed by atoms with van der Waals surface area (Å²) in [5, 5.41) is 15.7. The standard InChI is InChI=1S/C12H12FN3O2/c1-8-11(7-14-17)12(16(2)15-8)18-10-5-3-4-9(13)6-10/h3-7,17H,1-2H3/b14-7-. The van der Waals surface area contributed by atoms with Crippen LogP contribution in [0.25, 0.3) is 0 Å². The van der Waals surface area contributed by atoms with Gasteiger partial charge in [-0.15, -0.1) is 0 Å². The number of hydrogen-bond donors (Lipinski definition) is 1. The highest BCUT2D eigenvalue weighted by molar-refractivity contribution is 5.84. The molecular formula is C12H12FN3O2. The molecule has 2 aromatic rings. The van der Waals surface area contributed by atoms with Gasteiger partial charge < -0.3 is 9.94 Å². The van der Waals surface area contributed by atoms with Crippen molar-refractivity contribution in [3.05, 3.63) is 41.3 Å². The second kappa shape index (κ2) is 4.87. The maximum absolute atomic E-state index is 13.1. The predicted octanol–water partition coefficient (Wildman–Crippen LogP) is 2.47. The molecule has 94 valence electrons. The molecule has 0 fully saturated rings. The van der Waals surface area contributed by atoms with Gasteiger partial charge in [-0.05, 0) is 19.1 Å². The first-order valence-electron chi connectivity index (χ1n) is 5.26. The summed E-state index contributed by atoms with van der Waals surface area (Å²) in [5.74, 6) is 0.352. The summed E-state index contributed by atoms with van der Waals surface area (Å²) >= 11 is 0. The lowest BCUT2D eigenvalue weighted by atomic mass is 10.3. The van der Waals surface area contributed by atoms with Crippen LogP contribution in [0.4, 0.5) is 4.39 Å². The second-order valence-corrected chi connectivity index (χ2v) is 3.73. The zero-order chi connectivity index (χ0) is 13.1. The van der Waals surface area contributed by atoms with Crippen molar-refractivity contribution in [2.75, 3.05) is 0 Å². The fourth-order valence-electron chi connectivity index (χ4n) is 1.62. The van der Waals surface area contributed by atoms with Crippen molar-refractivity contribution >= 4 is 6.21 Å². The number of nitrogens with zero attached hydrogens (tertiary/aromatic N) is 3. The summed E-state index contributed by atoms with van der Waals surface area (Å²) in [7, 11) is 1.69. The van der Waals surface area contributed by atoms with E-state index in [4.69, 9.17) is 9.94 Å². The second-order valence-electron chi connectivity index (χ2n) is 3.73.